The van der Waals surface area contributed by atoms with Gasteiger partial charge in [0.15, 0.2) is 0 Å². The van der Waals surface area contributed by atoms with Crippen LogP contribution in [0.2, 0.25) is 10.0 Å². The standard InChI is InChI=1S/C18H14Cl2N2O4/c1-9-5-14(15(26-2)7-13(9)20)21-16(23)8-22-17(24)11-4-3-10(19)6-12(11)18(22)25/h3-7H,8H2,1-2H3,(H,21,23). The zero-order valence-electron chi connectivity index (χ0n) is 13.9. The molecule has 26 heavy (non-hydrogen) atoms. The van der Waals surface area contributed by atoms with Crippen LogP contribution in [0.25, 0.3) is 0 Å². The topological polar surface area (TPSA) is 75.7 Å². The van der Waals surface area contributed by atoms with E-state index in [-0.39, 0.29) is 11.1 Å². The van der Waals surface area contributed by atoms with Crippen LogP contribution in [0.5, 0.6) is 5.75 Å². The molecule has 0 saturated carbocycles. The van der Waals surface area contributed by atoms with Gasteiger partial charge in [-0.2, -0.15) is 0 Å². The quantitative estimate of drug-likeness (QED) is 0.807. The third kappa shape index (κ3) is 3.25. The number of carbonyl (C=O) groups is 3. The first-order valence-corrected chi connectivity index (χ1v) is 8.37. The molecule has 1 heterocycles. The lowest BCUT2D eigenvalue weighted by Crippen LogP contribution is -2.37. The number of carbonyl (C=O) groups excluding carboxylic acids is 3. The van der Waals surface area contributed by atoms with Gasteiger partial charge in [0.1, 0.15) is 12.3 Å². The number of methoxy groups -OCH3 is 1. The van der Waals surface area contributed by atoms with Crippen LogP contribution in [-0.2, 0) is 4.79 Å². The summed E-state index contributed by atoms with van der Waals surface area (Å²) in [5.74, 6) is -1.24. The lowest BCUT2D eigenvalue weighted by atomic mass is 10.1. The number of fused-ring (bicyclic) bond motifs is 1. The molecule has 2 aromatic carbocycles. The maximum Gasteiger partial charge on any atom is 0.262 e. The van der Waals surface area contributed by atoms with Crippen molar-refractivity contribution in [2.75, 3.05) is 19.0 Å². The second-order valence-electron chi connectivity index (χ2n) is 5.74. The lowest BCUT2D eigenvalue weighted by Gasteiger charge is -2.16. The van der Waals surface area contributed by atoms with Crippen molar-refractivity contribution in [2.24, 2.45) is 0 Å². The molecule has 0 aromatic heterocycles. The molecule has 3 amide bonds. The van der Waals surface area contributed by atoms with Crippen molar-refractivity contribution in [1.82, 2.24) is 4.90 Å². The molecule has 2 aromatic rings. The predicted molar refractivity (Wildman–Crippen MR) is 98.2 cm³/mol. The molecule has 3 rings (SSSR count). The van der Waals surface area contributed by atoms with Gasteiger partial charge in [-0.25, -0.2) is 0 Å². The summed E-state index contributed by atoms with van der Waals surface area (Å²) < 4.78 is 5.20. The SMILES string of the molecule is COc1cc(Cl)c(C)cc1NC(=O)CN1C(=O)c2ccc(Cl)cc2C1=O. The Morgan fingerprint density at radius 3 is 2.50 bits per heavy atom. The summed E-state index contributed by atoms with van der Waals surface area (Å²) in [6.45, 7) is 1.36. The van der Waals surface area contributed by atoms with E-state index in [0.717, 1.165) is 10.5 Å². The molecule has 0 radical (unpaired) electrons. The molecule has 0 spiro atoms. The van der Waals surface area contributed by atoms with Gasteiger partial charge in [0.25, 0.3) is 11.8 Å². The predicted octanol–water partition coefficient (Wildman–Crippen LogP) is 3.55. The Hall–Kier alpha value is -2.57. The summed E-state index contributed by atoms with van der Waals surface area (Å²) in [6.07, 6.45) is 0. The smallest absolute Gasteiger partial charge is 0.262 e. The zero-order valence-corrected chi connectivity index (χ0v) is 15.4. The molecule has 1 aliphatic rings. The first-order valence-electron chi connectivity index (χ1n) is 7.61. The highest BCUT2D eigenvalue weighted by Gasteiger charge is 2.36. The number of amides is 3. The molecule has 134 valence electrons. The van der Waals surface area contributed by atoms with Gasteiger partial charge in [-0.15, -0.1) is 0 Å². The van der Waals surface area contributed by atoms with Gasteiger partial charge >= 0.3 is 0 Å². The number of benzene rings is 2. The molecule has 1 N–H and O–H groups in total. The second-order valence-corrected chi connectivity index (χ2v) is 6.58. The molecule has 1 aliphatic heterocycles. The van der Waals surface area contributed by atoms with Crippen molar-refractivity contribution >= 4 is 46.6 Å². The van der Waals surface area contributed by atoms with Gasteiger partial charge in [-0.3, -0.25) is 19.3 Å². The molecular weight excluding hydrogens is 379 g/mol. The van der Waals surface area contributed by atoms with Gasteiger partial charge in [0.05, 0.1) is 23.9 Å². The Bertz CT molecular complexity index is 943. The third-order valence-corrected chi connectivity index (χ3v) is 4.63. The van der Waals surface area contributed by atoms with E-state index in [2.05, 4.69) is 5.32 Å². The number of hydrogen-bond acceptors (Lipinski definition) is 4. The average molecular weight is 393 g/mol. The molecule has 0 unspecified atom stereocenters. The first-order chi connectivity index (χ1) is 12.3. The van der Waals surface area contributed by atoms with Gasteiger partial charge in [-0.05, 0) is 36.8 Å². The summed E-state index contributed by atoms with van der Waals surface area (Å²) in [7, 11) is 1.45. The summed E-state index contributed by atoms with van der Waals surface area (Å²) in [5, 5.41) is 3.48. The minimum Gasteiger partial charge on any atom is -0.495 e. The lowest BCUT2D eigenvalue weighted by molar-refractivity contribution is -0.116. The molecule has 0 saturated heterocycles. The largest absolute Gasteiger partial charge is 0.495 e. The summed E-state index contributed by atoms with van der Waals surface area (Å²) in [5.41, 5.74) is 1.57. The summed E-state index contributed by atoms with van der Waals surface area (Å²) >= 11 is 11.9. The maximum atomic E-state index is 12.4. The Balaban J connectivity index is 1.79. The van der Waals surface area contributed by atoms with E-state index in [4.69, 9.17) is 27.9 Å². The Kier molecular flexibility index (Phi) is 4.89. The number of halogens is 2. The monoisotopic (exact) mass is 392 g/mol. The number of imide groups is 1. The number of aryl methyl sites for hydroxylation is 1. The average Bonchev–Trinajstić information content (AvgIpc) is 2.82. The summed E-state index contributed by atoms with van der Waals surface area (Å²) in [4.78, 5) is 38.0. The van der Waals surface area contributed by atoms with E-state index < -0.39 is 24.3 Å². The van der Waals surface area contributed by atoms with Crippen molar-refractivity contribution in [3.05, 3.63) is 57.1 Å². The fourth-order valence-corrected chi connectivity index (χ4v) is 3.00. The van der Waals surface area contributed by atoms with Crippen molar-refractivity contribution in [1.29, 1.82) is 0 Å². The Morgan fingerprint density at radius 1 is 1.12 bits per heavy atom. The molecule has 8 heteroatoms. The highest BCUT2D eigenvalue weighted by Crippen LogP contribution is 2.31. The van der Waals surface area contributed by atoms with E-state index in [1.54, 1.807) is 19.1 Å². The molecule has 0 fully saturated rings. The number of hydrogen-bond donors (Lipinski definition) is 1. The van der Waals surface area contributed by atoms with Crippen molar-refractivity contribution in [3.8, 4) is 5.75 Å². The zero-order chi connectivity index (χ0) is 19.0. The number of anilines is 1. The van der Waals surface area contributed by atoms with Crippen molar-refractivity contribution < 1.29 is 19.1 Å². The molecular formula is C18H14Cl2N2O4. The van der Waals surface area contributed by atoms with Crippen LogP contribution >= 0.6 is 23.2 Å². The Labute approximate surface area is 159 Å². The van der Waals surface area contributed by atoms with Crippen LogP contribution in [0.4, 0.5) is 5.69 Å². The number of ether oxygens (including phenoxy) is 1. The van der Waals surface area contributed by atoms with E-state index in [1.165, 1.54) is 25.3 Å². The summed E-state index contributed by atoms with van der Waals surface area (Å²) in [6, 6.07) is 7.65. The second kappa shape index (κ2) is 6.97. The highest BCUT2D eigenvalue weighted by atomic mass is 35.5. The maximum absolute atomic E-state index is 12.4. The van der Waals surface area contributed by atoms with Gasteiger partial charge in [-0.1, -0.05) is 23.2 Å². The van der Waals surface area contributed by atoms with Crippen LogP contribution < -0.4 is 10.1 Å². The minimum absolute atomic E-state index is 0.190. The third-order valence-electron chi connectivity index (χ3n) is 3.99. The fourth-order valence-electron chi connectivity index (χ4n) is 2.67. The minimum atomic E-state index is -0.554. The first kappa shape index (κ1) is 18.2. The number of nitrogens with one attached hydrogen (secondary N) is 1. The van der Waals surface area contributed by atoms with Crippen LogP contribution in [0.1, 0.15) is 26.3 Å². The Morgan fingerprint density at radius 2 is 1.81 bits per heavy atom. The van der Waals surface area contributed by atoms with E-state index in [9.17, 15) is 14.4 Å². The number of nitrogens with zero attached hydrogens (tertiary/aromatic N) is 1. The normalized spacial score (nSPS) is 13.0. The number of rotatable bonds is 4. The molecule has 0 bridgehead atoms. The molecule has 0 aliphatic carbocycles. The molecule has 6 nitrogen and oxygen atoms in total. The van der Waals surface area contributed by atoms with Crippen LogP contribution in [0.3, 0.4) is 0 Å². The van der Waals surface area contributed by atoms with E-state index in [0.29, 0.717) is 21.5 Å². The van der Waals surface area contributed by atoms with Crippen LogP contribution in [0, 0.1) is 6.92 Å². The van der Waals surface area contributed by atoms with Crippen LogP contribution in [0.15, 0.2) is 30.3 Å². The van der Waals surface area contributed by atoms with E-state index in [1.807, 2.05) is 0 Å². The van der Waals surface area contributed by atoms with Gasteiger partial charge in [0.2, 0.25) is 5.91 Å². The fraction of sp³-hybridized carbons (Fsp3) is 0.167. The molecule has 0 atom stereocenters. The van der Waals surface area contributed by atoms with Crippen molar-refractivity contribution in [3.63, 3.8) is 0 Å². The highest BCUT2D eigenvalue weighted by molar-refractivity contribution is 6.32. The van der Waals surface area contributed by atoms with Crippen LogP contribution in [-0.4, -0.2) is 36.3 Å². The van der Waals surface area contributed by atoms with Crippen molar-refractivity contribution in [2.45, 2.75) is 6.92 Å². The van der Waals surface area contributed by atoms with Gasteiger partial charge < -0.3 is 10.1 Å². The van der Waals surface area contributed by atoms with E-state index >= 15 is 0 Å². The van der Waals surface area contributed by atoms with Gasteiger partial charge in [0, 0.05) is 16.1 Å².